The average molecular weight is 365 g/mol. The van der Waals surface area contributed by atoms with Crippen LogP contribution in [-0.2, 0) is 6.42 Å². The van der Waals surface area contributed by atoms with Gasteiger partial charge in [0.1, 0.15) is 0 Å². The normalized spacial score (nSPS) is 43.2. The first kappa shape index (κ1) is 17.6. The summed E-state index contributed by atoms with van der Waals surface area (Å²) in [7, 11) is 0. The summed E-state index contributed by atoms with van der Waals surface area (Å²) in [4.78, 5) is 8.78. The van der Waals surface area contributed by atoms with E-state index in [0.29, 0.717) is 23.2 Å². The van der Waals surface area contributed by atoms with Crippen molar-refractivity contribution in [1.29, 1.82) is 0 Å². The summed E-state index contributed by atoms with van der Waals surface area (Å²) in [6, 6.07) is 0. The monoisotopic (exact) mass is 364 g/mol. The number of aliphatic hydroxyl groups excluding tert-OH is 1. The van der Waals surface area contributed by atoms with Crippen LogP contribution < -0.4 is 0 Å². The third-order valence-electron chi connectivity index (χ3n) is 8.88. The van der Waals surface area contributed by atoms with Crippen LogP contribution in [0.5, 0.6) is 0 Å². The maximum absolute atomic E-state index is 11.0. The Bertz CT molecular complexity index is 785. The lowest BCUT2D eigenvalue weighted by Gasteiger charge is -2.58. The van der Waals surface area contributed by atoms with Gasteiger partial charge in [-0.05, 0) is 68.1 Å². The second kappa shape index (κ2) is 6.27. The summed E-state index contributed by atoms with van der Waals surface area (Å²) in [6.07, 6.45) is 19.6. The van der Waals surface area contributed by atoms with Gasteiger partial charge in [0.15, 0.2) is 0 Å². The zero-order valence-electron chi connectivity index (χ0n) is 16.7. The first-order valence-electron chi connectivity index (χ1n) is 10.9. The molecule has 0 radical (unpaired) electrons. The van der Waals surface area contributed by atoms with Crippen molar-refractivity contribution < 1.29 is 5.11 Å². The highest BCUT2D eigenvalue weighted by molar-refractivity contribution is 5.32. The van der Waals surface area contributed by atoms with Gasteiger partial charge in [-0.15, -0.1) is 0 Å². The minimum Gasteiger partial charge on any atom is -0.392 e. The summed E-state index contributed by atoms with van der Waals surface area (Å²) in [5.74, 6) is 2.07. The molecule has 27 heavy (non-hydrogen) atoms. The van der Waals surface area contributed by atoms with Crippen LogP contribution in [0.3, 0.4) is 0 Å². The van der Waals surface area contributed by atoms with E-state index in [1.807, 2.05) is 6.20 Å². The molecule has 1 unspecified atom stereocenters. The van der Waals surface area contributed by atoms with E-state index in [-0.39, 0.29) is 11.5 Å². The van der Waals surface area contributed by atoms with Crippen molar-refractivity contribution in [2.75, 3.05) is 0 Å². The lowest BCUT2D eigenvalue weighted by molar-refractivity contribution is -0.0779. The molecule has 0 bridgehead atoms. The molecule has 4 aliphatic carbocycles. The third-order valence-corrected chi connectivity index (χ3v) is 8.88. The molecule has 0 aromatic carbocycles. The van der Waals surface area contributed by atoms with E-state index < -0.39 is 0 Å². The molecule has 0 amide bonds. The molecule has 1 heterocycles. The highest BCUT2D eigenvalue weighted by atomic mass is 16.3. The molecule has 1 N–H and O–H groups in total. The van der Waals surface area contributed by atoms with Gasteiger partial charge in [0.2, 0.25) is 0 Å². The van der Waals surface area contributed by atoms with E-state index in [1.54, 1.807) is 23.5 Å². The maximum Gasteiger partial charge on any atom is 0.0633 e. The van der Waals surface area contributed by atoms with Crippen LogP contribution in [0.4, 0.5) is 0 Å². The fourth-order valence-electron chi connectivity index (χ4n) is 7.26. The van der Waals surface area contributed by atoms with E-state index in [4.69, 9.17) is 0 Å². The number of fused-ring (bicyclic) bond motifs is 5. The first-order chi connectivity index (χ1) is 13.0. The van der Waals surface area contributed by atoms with Gasteiger partial charge in [-0.25, -0.2) is 0 Å². The van der Waals surface area contributed by atoms with Crippen molar-refractivity contribution >= 4 is 0 Å². The van der Waals surface area contributed by atoms with Crippen molar-refractivity contribution in [3.63, 3.8) is 0 Å². The topological polar surface area (TPSA) is 46.0 Å². The SMILES string of the molecule is C[C@]12CC[C@H]3[C@@H](CC=C4CCCC(O)[C@@]43C)[C@@H]1CC=C2Cc1cnccn1. The van der Waals surface area contributed by atoms with Crippen LogP contribution in [-0.4, -0.2) is 21.2 Å². The Hall–Kier alpha value is -1.48. The fraction of sp³-hybridized carbons (Fsp3) is 0.667. The van der Waals surface area contributed by atoms with Crippen LogP contribution in [0.2, 0.25) is 0 Å². The van der Waals surface area contributed by atoms with Crippen molar-refractivity contribution in [2.24, 2.45) is 28.6 Å². The average Bonchev–Trinajstić information content (AvgIpc) is 3.00. The van der Waals surface area contributed by atoms with Gasteiger partial charge >= 0.3 is 0 Å². The van der Waals surface area contributed by atoms with Gasteiger partial charge in [0.25, 0.3) is 0 Å². The van der Waals surface area contributed by atoms with Crippen LogP contribution in [0.1, 0.15) is 64.5 Å². The van der Waals surface area contributed by atoms with E-state index in [9.17, 15) is 5.11 Å². The van der Waals surface area contributed by atoms with Crippen LogP contribution in [0.15, 0.2) is 41.9 Å². The molecule has 0 aliphatic heterocycles. The molecule has 0 saturated heterocycles. The molecule has 6 atom stereocenters. The predicted octanol–water partition coefficient (Wildman–Crippen LogP) is 4.88. The lowest BCUT2D eigenvalue weighted by atomic mass is 9.47. The van der Waals surface area contributed by atoms with Crippen LogP contribution >= 0.6 is 0 Å². The molecule has 4 aliphatic rings. The van der Waals surface area contributed by atoms with Gasteiger partial charge in [0, 0.05) is 30.4 Å². The number of nitrogens with zero attached hydrogens (tertiary/aromatic N) is 2. The Morgan fingerprint density at radius 2 is 2.00 bits per heavy atom. The second-order valence-corrected chi connectivity index (χ2v) is 9.83. The van der Waals surface area contributed by atoms with Gasteiger partial charge in [-0.2, -0.15) is 0 Å². The van der Waals surface area contributed by atoms with Crippen molar-refractivity contribution in [2.45, 2.75) is 71.3 Å². The minimum absolute atomic E-state index is 0.0240. The Morgan fingerprint density at radius 3 is 2.81 bits per heavy atom. The summed E-state index contributed by atoms with van der Waals surface area (Å²) in [6.45, 7) is 4.88. The molecular weight excluding hydrogens is 332 g/mol. The minimum atomic E-state index is -0.150. The fourth-order valence-corrected chi connectivity index (χ4v) is 7.26. The van der Waals surface area contributed by atoms with Crippen LogP contribution in [0, 0.1) is 28.6 Å². The third kappa shape index (κ3) is 2.50. The smallest absolute Gasteiger partial charge is 0.0633 e. The van der Waals surface area contributed by atoms with Crippen molar-refractivity contribution in [3.8, 4) is 0 Å². The Kier molecular flexibility index (Phi) is 4.09. The highest BCUT2D eigenvalue weighted by Gasteiger charge is 2.58. The molecule has 1 aromatic heterocycles. The largest absolute Gasteiger partial charge is 0.392 e. The van der Waals surface area contributed by atoms with Gasteiger partial charge in [-0.1, -0.05) is 37.1 Å². The van der Waals surface area contributed by atoms with Crippen LogP contribution in [0.25, 0.3) is 0 Å². The molecule has 5 rings (SSSR count). The molecule has 3 nitrogen and oxygen atoms in total. The summed E-state index contributed by atoms with van der Waals surface area (Å²) in [5, 5.41) is 11.0. The molecular formula is C24H32N2O. The summed E-state index contributed by atoms with van der Waals surface area (Å²) in [5.41, 5.74) is 4.55. The number of hydrogen-bond donors (Lipinski definition) is 1. The molecule has 2 saturated carbocycles. The van der Waals surface area contributed by atoms with E-state index in [2.05, 4.69) is 36.0 Å². The Morgan fingerprint density at radius 1 is 1.11 bits per heavy atom. The standard InChI is InChI=1S/C24H32N2O/c1-23-11-10-21-19(8-6-16-4-3-5-22(27)24(16,21)2)20(23)9-7-17(23)14-18-15-25-12-13-26-18/h6-7,12-13,15,19-22,27H,3-5,8-11,14H2,1-2H3/t19-,20-,21-,22?,23+,24-/m0/s1. The number of aliphatic hydroxyl groups is 1. The molecule has 144 valence electrons. The van der Waals surface area contributed by atoms with E-state index in [1.165, 1.54) is 32.1 Å². The zero-order chi connectivity index (χ0) is 18.6. The highest BCUT2D eigenvalue weighted by Crippen LogP contribution is 2.65. The number of hydrogen-bond acceptors (Lipinski definition) is 3. The summed E-state index contributed by atoms with van der Waals surface area (Å²) < 4.78 is 0. The number of aromatic nitrogens is 2. The molecule has 3 heteroatoms. The van der Waals surface area contributed by atoms with Gasteiger partial charge in [0.05, 0.1) is 11.8 Å². The number of allylic oxidation sites excluding steroid dienone is 3. The Balaban J connectivity index is 1.43. The van der Waals surface area contributed by atoms with Crippen molar-refractivity contribution in [1.82, 2.24) is 9.97 Å². The molecule has 2 fully saturated rings. The quantitative estimate of drug-likeness (QED) is 0.761. The first-order valence-corrected chi connectivity index (χ1v) is 10.9. The van der Waals surface area contributed by atoms with E-state index in [0.717, 1.165) is 25.0 Å². The van der Waals surface area contributed by atoms with Gasteiger partial charge < -0.3 is 5.11 Å². The Labute approximate surface area is 163 Å². The maximum atomic E-state index is 11.0. The summed E-state index contributed by atoms with van der Waals surface area (Å²) >= 11 is 0. The van der Waals surface area contributed by atoms with Crippen molar-refractivity contribution in [3.05, 3.63) is 47.6 Å². The number of rotatable bonds is 2. The zero-order valence-corrected chi connectivity index (χ0v) is 16.7. The molecule has 0 spiro atoms. The predicted molar refractivity (Wildman–Crippen MR) is 107 cm³/mol. The van der Waals surface area contributed by atoms with Gasteiger partial charge in [-0.3, -0.25) is 9.97 Å². The molecule has 1 aromatic rings. The second-order valence-electron chi connectivity index (χ2n) is 9.83. The lowest BCUT2D eigenvalue weighted by Crippen LogP contribution is -2.53. The van der Waals surface area contributed by atoms with E-state index >= 15 is 0 Å².